The molecule has 0 atom stereocenters. The fourth-order valence-corrected chi connectivity index (χ4v) is 2.86. The van der Waals surface area contributed by atoms with Gasteiger partial charge in [0.2, 0.25) is 0 Å². The van der Waals surface area contributed by atoms with E-state index in [4.69, 9.17) is 51.5 Å². The van der Waals surface area contributed by atoms with Gasteiger partial charge in [0.15, 0.2) is 0 Å². The van der Waals surface area contributed by atoms with Crippen LogP contribution in [0.5, 0.6) is 0 Å². The lowest BCUT2D eigenvalue weighted by atomic mass is 10.1. The summed E-state index contributed by atoms with van der Waals surface area (Å²) >= 11 is 24.0. The number of benzene rings is 1. The molecule has 1 aromatic carbocycles. The summed E-state index contributed by atoms with van der Waals surface area (Å²) in [6, 6.07) is 6.26. The Kier molecular flexibility index (Phi) is 4.76. The van der Waals surface area contributed by atoms with Gasteiger partial charge in [-0.25, -0.2) is 0 Å². The zero-order valence-electron chi connectivity index (χ0n) is 9.83. The van der Waals surface area contributed by atoms with Crippen molar-refractivity contribution in [2.24, 2.45) is 0 Å². The maximum atomic E-state index is 10.8. The van der Waals surface area contributed by atoms with Crippen LogP contribution in [0.25, 0.3) is 11.3 Å². The van der Waals surface area contributed by atoms with Gasteiger partial charge in [-0.05, 0) is 24.3 Å². The molecule has 0 saturated heterocycles. The van der Waals surface area contributed by atoms with E-state index >= 15 is 0 Å². The number of halogens is 4. The first kappa shape index (κ1) is 15.4. The molecule has 2 rings (SSSR count). The predicted octanol–water partition coefficient (Wildman–Crippen LogP) is 4.99. The molecule has 0 radical (unpaired) electrons. The monoisotopic (exact) mass is 349 g/mol. The molecule has 0 aliphatic heterocycles. The predicted molar refractivity (Wildman–Crippen MR) is 81.1 cm³/mol. The summed E-state index contributed by atoms with van der Waals surface area (Å²) in [5.74, 6) is -1.02. The number of carboxylic acid groups (broad SMARTS) is 1. The molecule has 2 aromatic rings. The van der Waals surface area contributed by atoms with Crippen molar-refractivity contribution in [3.63, 3.8) is 0 Å². The van der Waals surface area contributed by atoms with E-state index in [0.717, 1.165) is 0 Å². The number of hydrogen-bond donors (Lipinski definition) is 1. The SMILES string of the molecule is O=C(O)Cc1nc(-c2c(Cl)cc(Cl)cc2Cl)ccc1Cl. The smallest absolute Gasteiger partial charge is 0.309 e. The molecule has 0 aliphatic carbocycles. The van der Waals surface area contributed by atoms with E-state index in [-0.39, 0.29) is 17.1 Å². The summed E-state index contributed by atoms with van der Waals surface area (Å²) in [4.78, 5) is 15.0. The third kappa shape index (κ3) is 3.36. The van der Waals surface area contributed by atoms with Crippen molar-refractivity contribution in [2.75, 3.05) is 0 Å². The second-order valence-electron chi connectivity index (χ2n) is 3.94. The maximum Gasteiger partial charge on any atom is 0.309 e. The molecule has 0 aliphatic rings. The quantitative estimate of drug-likeness (QED) is 0.848. The number of aromatic nitrogens is 1. The zero-order chi connectivity index (χ0) is 14.9. The minimum atomic E-state index is -1.02. The van der Waals surface area contributed by atoms with Crippen molar-refractivity contribution in [2.45, 2.75) is 6.42 Å². The van der Waals surface area contributed by atoms with Crippen molar-refractivity contribution in [3.8, 4) is 11.3 Å². The Morgan fingerprint density at radius 1 is 1.05 bits per heavy atom. The Hall–Kier alpha value is -1.000. The van der Waals surface area contributed by atoms with Crippen LogP contribution in [0.15, 0.2) is 24.3 Å². The first-order valence-electron chi connectivity index (χ1n) is 5.40. The third-order valence-corrected chi connectivity index (χ3v) is 3.66. The molecule has 0 saturated carbocycles. The van der Waals surface area contributed by atoms with E-state index in [9.17, 15) is 4.79 Å². The van der Waals surface area contributed by atoms with Gasteiger partial charge < -0.3 is 5.11 Å². The largest absolute Gasteiger partial charge is 0.481 e. The molecule has 1 heterocycles. The van der Waals surface area contributed by atoms with Gasteiger partial charge >= 0.3 is 5.97 Å². The summed E-state index contributed by atoms with van der Waals surface area (Å²) in [5, 5.41) is 10.2. The number of carboxylic acids is 1. The molecule has 1 aromatic heterocycles. The van der Waals surface area contributed by atoms with Crippen LogP contribution in [0.1, 0.15) is 5.69 Å². The minimum Gasteiger partial charge on any atom is -0.481 e. The molecule has 1 N–H and O–H groups in total. The summed E-state index contributed by atoms with van der Waals surface area (Å²) in [7, 11) is 0. The summed E-state index contributed by atoms with van der Waals surface area (Å²) in [6.45, 7) is 0. The van der Waals surface area contributed by atoms with Crippen LogP contribution < -0.4 is 0 Å². The minimum absolute atomic E-state index is 0.249. The van der Waals surface area contributed by atoms with Crippen LogP contribution in [0.3, 0.4) is 0 Å². The number of nitrogens with zero attached hydrogens (tertiary/aromatic N) is 1. The molecule has 3 nitrogen and oxygen atoms in total. The van der Waals surface area contributed by atoms with Gasteiger partial charge in [0.05, 0.1) is 32.9 Å². The van der Waals surface area contributed by atoms with Crippen LogP contribution in [0.2, 0.25) is 20.1 Å². The van der Waals surface area contributed by atoms with E-state index in [1.165, 1.54) is 12.1 Å². The maximum absolute atomic E-state index is 10.8. The fourth-order valence-electron chi connectivity index (χ4n) is 1.68. The summed E-state index contributed by atoms with van der Waals surface area (Å²) < 4.78 is 0. The molecule has 0 spiro atoms. The lowest BCUT2D eigenvalue weighted by Crippen LogP contribution is -2.04. The molecular weight excluding hydrogens is 344 g/mol. The van der Waals surface area contributed by atoms with Crippen LogP contribution in [0, 0.1) is 0 Å². The van der Waals surface area contributed by atoms with Crippen LogP contribution >= 0.6 is 46.4 Å². The molecule has 7 heteroatoms. The van der Waals surface area contributed by atoms with Crippen LogP contribution in [-0.4, -0.2) is 16.1 Å². The average Bonchev–Trinajstić information content (AvgIpc) is 2.31. The molecule has 104 valence electrons. The lowest BCUT2D eigenvalue weighted by molar-refractivity contribution is -0.136. The van der Waals surface area contributed by atoms with E-state index in [1.807, 2.05) is 0 Å². The first-order valence-corrected chi connectivity index (χ1v) is 6.92. The van der Waals surface area contributed by atoms with Crippen molar-refractivity contribution in [1.82, 2.24) is 4.98 Å². The molecule has 0 bridgehead atoms. The third-order valence-electron chi connectivity index (χ3n) is 2.50. The Bertz CT molecular complexity index is 665. The molecule has 0 fully saturated rings. The molecule has 0 amide bonds. The van der Waals surface area contributed by atoms with Crippen LogP contribution in [0.4, 0.5) is 0 Å². The van der Waals surface area contributed by atoms with E-state index < -0.39 is 5.97 Å². The van der Waals surface area contributed by atoms with Crippen molar-refractivity contribution in [3.05, 3.63) is 50.0 Å². The van der Waals surface area contributed by atoms with E-state index in [1.54, 1.807) is 12.1 Å². The lowest BCUT2D eigenvalue weighted by Gasteiger charge is -2.09. The number of carbonyl (C=O) groups is 1. The van der Waals surface area contributed by atoms with Crippen LogP contribution in [-0.2, 0) is 11.2 Å². The second kappa shape index (κ2) is 6.19. The Morgan fingerprint density at radius 2 is 1.65 bits per heavy atom. The normalized spacial score (nSPS) is 10.6. The molecule has 0 unspecified atom stereocenters. The number of aliphatic carboxylic acids is 1. The number of pyridine rings is 1. The standard InChI is InChI=1S/C13H7Cl4NO2/c14-6-3-8(16)13(9(17)4-6)10-2-1-7(15)11(18-10)5-12(19)20/h1-4H,5H2,(H,19,20). The first-order chi connectivity index (χ1) is 9.38. The number of hydrogen-bond acceptors (Lipinski definition) is 2. The number of rotatable bonds is 3. The van der Waals surface area contributed by atoms with Gasteiger partial charge in [-0.1, -0.05) is 46.4 Å². The average molecular weight is 351 g/mol. The summed E-state index contributed by atoms with van der Waals surface area (Å²) in [5.41, 5.74) is 1.18. The Balaban J connectivity index is 2.56. The van der Waals surface area contributed by atoms with Gasteiger partial charge in [-0.3, -0.25) is 9.78 Å². The zero-order valence-corrected chi connectivity index (χ0v) is 12.9. The highest BCUT2D eigenvalue weighted by Gasteiger charge is 2.14. The highest BCUT2D eigenvalue weighted by molar-refractivity contribution is 6.41. The van der Waals surface area contributed by atoms with Gasteiger partial charge in [-0.15, -0.1) is 0 Å². The topological polar surface area (TPSA) is 50.2 Å². The van der Waals surface area contributed by atoms with Gasteiger partial charge in [0.25, 0.3) is 0 Å². The van der Waals surface area contributed by atoms with E-state index in [2.05, 4.69) is 4.98 Å². The van der Waals surface area contributed by atoms with Crippen molar-refractivity contribution < 1.29 is 9.90 Å². The molecule has 20 heavy (non-hydrogen) atoms. The Labute approximate surface area is 135 Å². The second-order valence-corrected chi connectivity index (χ2v) is 5.60. The summed E-state index contributed by atoms with van der Waals surface area (Å²) in [6.07, 6.45) is -0.282. The van der Waals surface area contributed by atoms with Crippen molar-refractivity contribution >= 4 is 52.4 Å². The van der Waals surface area contributed by atoms with Gasteiger partial charge in [0.1, 0.15) is 0 Å². The van der Waals surface area contributed by atoms with Gasteiger partial charge in [0, 0.05) is 10.6 Å². The molecular formula is C13H7Cl4NO2. The van der Waals surface area contributed by atoms with Gasteiger partial charge in [-0.2, -0.15) is 0 Å². The Morgan fingerprint density at radius 3 is 2.20 bits per heavy atom. The highest BCUT2D eigenvalue weighted by Crippen LogP contribution is 2.37. The fraction of sp³-hybridized carbons (Fsp3) is 0.0769. The van der Waals surface area contributed by atoms with Crippen molar-refractivity contribution in [1.29, 1.82) is 0 Å². The van der Waals surface area contributed by atoms with E-state index in [0.29, 0.717) is 26.3 Å². The highest BCUT2D eigenvalue weighted by atomic mass is 35.5.